The van der Waals surface area contributed by atoms with Gasteiger partial charge in [0.2, 0.25) is 0 Å². The van der Waals surface area contributed by atoms with Crippen LogP contribution in [0.25, 0.3) is 5.70 Å². The van der Waals surface area contributed by atoms with Gasteiger partial charge in [0.05, 0.1) is 24.4 Å². The highest BCUT2D eigenvalue weighted by atomic mass is 19.4. The Balaban J connectivity index is 1.98. The highest BCUT2D eigenvalue weighted by molar-refractivity contribution is 5.98. The molecule has 8 heteroatoms. The molecule has 2 aromatic rings. The third kappa shape index (κ3) is 7.17. The number of likely N-dealkylation sites (tertiary alicyclic amines) is 1. The summed E-state index contributed by atoms with van der Waals surface area (Å²) in [4.78, 5) is 6.83. The number of hydrogen-bond donors (Lipinski definition) is 2. The van der Waals surface area contributed by atoms with E-state index in [1.807, 2.05) is 42.2 Å². The highest BCUT2D eigenvalue weighted by Gasteiger charge is 2.35. The number of hydrogen-bond acceptors (Lipinski definition) is 3. The van der Waals surface area contributed by atoms with E-state index in [2.05, 4.69) is 13.8 Å². The van der Waals surface area contributed by atoms with E-state index in [9.17, 15) is 13.2 Å². The molecule has 0 saturated carbocycles. The first-order valence-electron chi connectivity index (χ1n) is 13.3. The van der Waals surface area contributed by atoms with E-state index in [0.29, 0.717) is 36.4 Å². The van der Waals surface area contributed by atoms with E-state index in [1.165, 1.54) is 6.07 Å². The summed E-state index contributed by atoms with van der Waals surface area (Å²) >= 11 is 0. The standard InChI is InChI=1S/C30H39F3N4O/c1-5-8-26(36-28(20(3)6-2)27-9-7-18-37(27)29(34)35)23-15-14-22(25(19-23)30(31,32)33)13-10-21-11-16-24(38-4)17-12-21/h8,11-12,14-17,19-20,27H,5-7,9-10,13,18H2,1-4H3,(H3,34,35)/b26-8-,36-28?. The van der Waals surface area contributed by atoms with E-state index < -0.39 is 11.7 Å². The molecule has 3 rings (SSSR count). The van der Waals surface area contributed by atoms with Crippen molar-refractivity contribution in [3.8, 4) is 5.75 Å². The van der Waals surface area contributed by atoms with Crippen molar-refractivity contribution in [1.29, 1.82) is 5.41 Å². The zero-order valence-electron chi connectivity index (χ0n) is 22.7. The van der Waals surface area contributed by atoms with Crippen LogP contribution in [-0.2, 0) is 19.0 Å². The molecule has 0 spiro atoms. The number of aryl methyl sites for hydroxylation is 2. The van der Waals surface area contributed by atoms with Gasteiger partial charge in [-0.25, -0.2) is 0 Å². The maximum atomic E-state index is 14.2. The minimum absolute atomic E-state index is 0.00472. The van der Waals surface area contributed by atoms with Crippen LogP contribution in [0, 0.1) is 11.3 Å². The number of nitrogens with one attached hydrogen (secondary N) is 1. The van der Waals surface area contributed by atoms with Gasteiger partial charge in [-0.3, -0.25) is 10.4 Å². The number of benzene rings is 2. The quantitative estimate of drug-likeness (QED) is 0.255. The maximum Gasteiger partial charge on any atom is 0.416 e. The van der Waals surface area contributed by atoms with Crippen molar-refractivity contribution in [2.45, 2.75) is 71.5 Å². The normalized spacial score (nSPS) is 17.6. The Morgan fingerprint density at radius 3 is 2.47 bits per heavy atom. The molecular weight excluding hydrogens is 489 g/mol. The van der Waals surface area contributed by atoms with Gasteiger partial charge in [0.15, 0.2) is 5.96 Å². The molecule has 2 atom stereocenters. The van der Waals surface area contributed by atoms with Crippen LogP contribution in [0.15, 0.2) is 53.5 Å². The van der Waals surface area contributed by atoms with E-state index >= 15 is 0 Å². The lowest BCUT2D eigenvalue weighted by Gasteiger charge is -2.29. The molecule has 0 radical (unpaired) electrons. The molecule has 206 valence electrons. The van der Waals surface area contributed by atoms with E-state index in [-0.39, 0.29) is 29.9 Å². The first kappa shape index (κ1) is 29.3. The number of ether oxygens (including phenoxy) is 1. The van der Waals surface area contributed by atoms with Crippen molar-refractivity contribution >= 4 is 17.4 Å². The zero-order valence-corrected chi connectivity index (χ0v) is 22.7. The largest absolute Gasteiger partial charge is 0.497 e. The minimum Gasteiger partial charge on any atom is -0.497 e. The van der Waals surface area contributed by atoms with Crippen LogP contribution in [0.5, 0.6) is 5.75 Å². The Hall–Kier alpha value is -3.29. The second-order valence-electron chi connectivity index (χ2n) is 9.80. The number of alkyl halides is 3. The van der Waals surface area contributed by atoms with Gasteiger partial charge in [0.25, 0.3) is 0 Å². The van der Waals surface area contributed by atoms with Crippen LogP contribution >= 0.6 is 0 Å². The number of nitrogens with two attached hydrogens (primary N) is 1. The van der Waals surface area contributed by atoms with Crippen LogP contribution in [-0.4, -0.2) is 36.3 Å². The summed E-state index contributed by atoms with van der Waals surface area (Å²) in [6, 6.07) is 11.8. The van der Waals surface area contributed by atoms with Gasteiger partial charge in [-0.15, -0.1) is 0 Å². The molecule has 1 aliphatic heterocycles. The molecule has 5 nitrogen and oxygen atoms in total. The average molecular weight is 529 g/mol. The van der Waals surface area contributed by atoms with Crippen LogP contribution in [0.4, 0.5) is 13.2 Å². The Morgan fingerprint density at radius 2 is 1.89 bits per heavy atom. The lowest BCUT2D eigenvalue weighted by Crippen LogP contribution is -2.45. The third-order valence-electron chi connectivity index (χ3n) is 7.22. The molecule has 38 heavy (non-hydrogen) atoms. The van der Waals surface area contributed by atoms with Crippen molar-refractivity contribution < 1.29 is 17.9 Å². The number of aliphatic imine (C=N–C) groups is 1. The van der Waals surface area contributed by atoms with Crippen LogP contribution in [0.2, 0.25) is 0 Å². The molecule has 0 amide bonds. The average Bonchev–Trinajstić information content (AvgIpc) is 3.39. The summed E-state index contributed by atoms with van der Waals surface area (Å²) in [5.41, 5.74) is 8.28. The molecule has 1 fully saturated rings. The lowest BCUT2D eigenvalue weighted by atomic mass is 9.93. The van der Waals surface area contributed by atoms with Gasteiger partial charge in [0.1, 0.15) is 5.75 Å². The number of allylic oxidation sites excluding steroid dienone is 1. The Kier molecular flexibility index (Phi) is 10.00. The molecule has 0 aromatic heterocycles. The van der Waals surface area contributed by atoms with E-state index in [1.54, 1.807) is 19.2 Å². The van der Waals surface area contributed by atoms with Crippen molar-refractivity contribution in [1.82, 2.24) is 4.90 Å². The predicted molar refractivity (Wildman–Crippen MR) is 149 cm³/mol. The number of halogens is 3. The van der Waals surface area contributed by atoms with Crippen molar-refractivity contribution in [3.63, 3.8) is 0 Å². The van der Waals surface area contributed by atoms with Crippen LogP contribution < -0.4 is 10.5 Å². The fourth-order valence-electron chi connectivity index (χ4n) is 4.93. The molecule has 2 unspecified atom stereocenters. The zero-order chi connectivity index (χ0) is 27.9. The SMILES string of the molecule is CC/C=C(\N=C(C(C)CC)C1CCCN1C(=N)N)c1ccc(CCc2ccc(OC)cc2)c(C(F)(F)F)c1. The van der Waals surface area contributed by atoms with Crippen molar-refractivity contribution in [3.05, 3.63) is 70.8 Å². The van der Waals surface area contributed by atoms with Gasteiger partial charge in [-0.05, 0) is 73.8 Å². The summed E-state index contributed by atoms with van der Waals surface area (Å²) in [7, 11) is 1.58. The van der Waals surface area contributed by atoms with Crippen LogP contribution in [0.3, 0.4) is 0 Å². The van der Waals surface area contributed by atoms with Gasteiger partial charge in [-0.2, -0.15) is 13.2 Å². The third-order valence-corrected chi connectivity index (χ3v) is 7.22. The summed E-state index contributed by atoms with van der Waals surface area (Å²) in [5, 5.41) is 7.99. The summed E-state index contributed by atoms with van der Waals surface area (Å²) in [5.74, 6) is 0.821. The van der Waals surface area contributed by atoms with Crippen LogP contribution in [0.1, 0.15) is 68.7 Å². The van der Waals surface area contributed by atoms with Gasteiger partial charge < -0.3 is 15.4 Å². The second kappa shape index (κ2) is 13.0. The Bertz CT molecular complexity index is 1160. The lowest BCUT2D eigenvalue weighted by molar-refractivity contribution is -0.138. The monoisotopic (exact) mass is 528 g/mol. The Labute approximate surface area is 224 Å². The molecule has 3 N–H and O–H groups in total. The maximum absolute atomic E-state index is 14.2. The fourth-order valence-corrected chi connectivity index (χ4v) is 4.93. The number of guanidine groups is 1. The predicted octanol–water partition coefficient (Wildman–Crippen LogP) is 7.10. The number of nitrogens with zero attached hydrogens (tertiary/aromatic N) is 2. The molecule has 1 aliphatic rings. The molecule has 0 bridgehead atoms. The number of rotatable bonds is 10. The Morgan fingerprint density at radius 1 is 1.18 bits per heavy atom. The first-order valence-corrected chi connectivity index (χ1v) is 13.3. The smallest absolute Gasteiger partial charge is 0.416 e. The summed E-state index contributed by atoms with van der Waals surface area (Å²) in [6.45, 7) is 6.77. The van der Waals surface area contributed by atoms with Gasteiger partial charge in [0, 0.05) is 17.8 Å². The van der Waals surface area contributed by atoms with Gasteiger partial charge in [-0.1, -0.05) is 51.1 Å². The van der Waals surface area contributed by atoms with E-state index in [0.717, 1.165) is 30.5 Å². The van der Waals surface area contributed by atoms with Crippen molar-refractivity contribution in [2.24, 2.45) is 16.6 Å². The molecule has 1 heterocycles. The highest BCUT2D eigenvalue weighted by Crippen LogP contribution is 2.36. The fraction of sp³-hybridized carbons (Fsp3) is 0.467. The van der Waals surface area contributed by atoms with E-state index in [4.69, 9.17) is 20.9 Å². The van der Waals surface area contributed by atoms with Crippen molar-refractivity contribution in [2.75, 3.05) is 13.7 Å². The molecule has 1 saturated heterocycles. The minimum atomic E-state index is -4.48. The number of methoxy groups -OCH3 is 1. The van der Waals surface area contributed by atoms with Gasteiger partial charge >= 0.3 is 6.18 Å². The second-order valence-corrected chi connectivity index (χ2v) is 9.80. The first-order chi connectivity index (χ1) is 18.1. The summed E-state index contributed by atoms with van der Waals surface area (Å²) in [6.07, 6.45) is 1.33. The topological polar surface area (TPSA) is 74.7 Å². The summed E-state index contributed by atoms with van der Waals surface area (Å²) < 4.78 is 47.8. The molecule has 0 aliphatic carbocycles. The molecule has 2 aromatic carbocycles. The molecular formula is C30H39F3N4O.